The first-order chi connectivity index (χ1) is 13.6. The molecule has 2 aromatic rings. The van der Waals surface area contributed by atoms with Crippen LogP contribution in [0.2, 0.25) is 5.02 Å². The van der Waals surface area contributed by atoms with Gasteiger partial charge in [-0.2, -0.15) is 5.10 Å². The van der Waals surface area contributed by atoms with Crippen LogP contribution in [-0.2, 0) is 9.59 Å². The molecule has 0 spiro atoms. The SMILES string of the molecule is O=C(C1CC(=O)N(c2ccc(Cl)cc2)C1)N1CCC(Oc2cccnn2)CC1. The highest BCUT2D eigenvalue weighted by Gasteiger charge is 2.38. The summed E-state index contributed by atoms with van der Waals surface area (Å²) >= 11 is 5.92. The number of likely N-dealkylation sites (tertiary alicyclic amines) is 1. The van der Waals surface area contributed by atoms with E-state index in [1.807, 2.05) is 17.0 Å². The summed E-state index contributed by atoms with van der Waals surface area (Å²) in [7, 11) is 0. The van der Waals surface area contributed by atoms with Gasteiger partial charge in [0.2, 0.25) is 17.7 Å². The molecule has 0 saturated carbocycles. The maximum atomic E-state index is 12.9. The van der Waals surface area contributed by atoms with Gasteiger partial charge in [0.05, 0.1) is 5.92 Å². The highest BCUT2D eigenvalue weighted by molar-refractivity contribution is 6.30. The predicted octanol–water partition coefficient (Wildman–Crippen LogP) is 2.55. The Bertz CT molecular complexity index is 838. The van der Waals surface area contributed by atoms with Crippen LogP contribution in [0.1, 0.15) is 19.3 Å². The monoisotopic (exact) mass is 400 g/mol. The number of benzene rings is 1. The molecular weight excluding hydrogens is 380 g/mol. The molecule has 1 atom stereocenters. The Labute approximate surface area is 168 Å². The zero-order chi connectivity index (χ0) is 19.5. The minimum Gasteiger partial charge on any atom is -0.473 e. The van der Waals surface area contributed by atoms with Gasteiger partial charge in [0.1, 0.15) is 6.10 Å². The molecule has 1 aromatic carbocycles. The minimum atomic E-state index is -0.305. The van der Waals surface area contributed by atoms with Crippen molar-refractivity contribution in [3.63, 3.8) is 0 Å². The summed E-state index contributed by atoms with van der Waals surface area (Å²) in [5, 5.41) is 8.36. The van der Waals surface area contributed by atoms with Crippen LogP contribution in [0, 0.1) is 5.92 Å². The van der Waals surface area contributed by atoms with Crippen molar-refractivity contribution in [2.75, 3.05) is 24.5 Å². The lowest BCUT2D eigenvalue weighted by atomic mass is 10.0. The number of piperidine rings is 1. The van der Waals surface area contributed by atoms with E-state index in [0.717, 1.165) is 18.5 Å². The van der Waals surface area contributed by atoms with Gasteiger partial charge in [0, 0.05) is 61.9 Å². The van der Waals surface area contributed by atoms with Crippen molar-refractivity contribution < 1.29 is 14.3 Å². The minimum absolute atomic E-state index is 0.0246. The third kappa shape index (κ3) is 4.09. The Morgan fingerprint density at radius 2 is 1.89 bits per heavy atom. The summed E-state index contributed by atoms with van der Waals surface area (Å²) in [5.74, 6) is 0.220. The molecule has 2 amide bonds. The zero-order valence-electron chi connectivity index (χ0n) is 15.3. The number of carbonyl (C=O) groups excluding carboxylic acids is 2. The number of halogens is 1. The van der Waals surface area contributed by atoms with E-state index < -0.39 is 0 Å². The van der Waals surface area contributed by atoms with Crippen LogP contribution in [-0.4, -0.2) is 52.6 Å². The molecule has 146 valence electrons. The second-order valence-corrected chi connectivity index (χ2v) is 7.52. The summed E-state index contributed by atoms with van der Waals surface area (Å²) in [6, 6.07) is 10.7. The highest BCUT2D eigenvalue weighted by atomic mass is 35.5. The van der Waals surface area contributed by atoms with Crippen LogP contribution >= 0.6 is 11.6 Å². The molecule has 0 bridgehead atoms. The first kappa shape index (κ1) is 18.7. The Hall–Kier alpha value is -2.67. The van der Waals surface area contributed by atoms with Crippen molar-refractivity contribution in [1.29, 1.82) is 0 Å². The molecule has 1 unspecified atom stereocenters. The molecule has 3 heterocycles. The molecule has 7 nitrogen and oxygen atoms in total. The molecule has 0 radical (unpaired) electrons. The molecule has 8 heteroatoms. The van der Waals surface area contributed by atoms with Gasteiger partial charge in [0.25, 0.3) is 0 Å². The summed E-state index contributed by atoms with van der Waals surface area (Å²) in [4.78, 5) is 28.8. The number of hydrogen-bond donors (Lipinski definition) is 0. The maximum Gasteiger partial charge on any atom is 0.233 e. The van der Waals surface area contributed by atoms with Crippen molar-refractivity contribution in [1.82, 2.24) is 15.1 Å². The normalized spacial score (nSPS) is 20.5. The average molecular weight is 401 g/mol. The number of anilines is 1. The number of amides is 2. The molecule has 2 saturated heterocycles. The third-order valence-corrected chi connectivity index (χ3v) is 5.45. The van der Waals surface area contributed by atoms with Crippen molar-refractivity contribution in [3.05, 3.63) is 47.6 Å². The molecule has 28 heavy (non-hydrogen) atoms. The van der Waals surface area contributed by atoms with Crippen LogP contribution < -0.4 is 9.64 Å². The number of rotatable bonds is 4. The first-order valence-corrected chi connectivity index (χ1v) is 9.77. The average Bonchev–Trinajstić information content (AvgIpc) is 3.11. The van der Waals surface area contributed by atoms with Crippen molar-refractivity contribution in [3.8, 4) is 5.88 Å². The van der Waals surface area contributed by atoms with E-state index in [4.69, 9.17) is 16.3 Å². The summed E-state index contributed by atoms with van der Waals surface area (Å²) < 4.78 is 5.83. The molecule has 2 aliphatic rings. The predicted molar refractivity (Wildman–Crippen MR) is 104 cm³/mol. The van der Waals surface area contributed by atoms with Crippen molar-refractivity contribution >= 4 is 29.1 Å². The van der Waals surface area contributed by atoms with E-state index in [2.05, 4.69) is 10.2 Å². The smallest absolute Gasteiger partial charge is 0.233 e. The molecular formula is C20H21ClN4O3. The van der Waals surface area contributed by atoms with Crippen LogP contribution in [0.5, 0.6) is 5.88 Å². The third-order valence-electron chi connectivity index (χ3n) is 5.20. The standard InChI is InChI=1S/C20H21ClN4O3/c21-15-3-5-16(6-4-15)25-13-14(12-19(25)26)20(27)24-10-7-17(8-11-24)28-18-2-1-9-22-23-18/h1-6,9,14,17H,7-8,10-13H2. The summed E-state index contributed by atoms with van der Waals surface area (Å²) in [6.07, 6.45) is 3.35. The first-order valence-electron chi connectivity index (χ1n) is 9.39. The van der Waals surface area contributed by atoms with Gasteiger partial charge in [-0.1, -0.05) is 11.6 Å². The second kappa shape index (κ2) is 8.14. The Morgan fingerprint density at radius 3 is 2.57 bits per heavy atom. The number of hydrogen-bond acceptors (Lipinski definition) is 5. The Kier molecular flexibility index (Phi) is 5.43. The van der Waals surface area contributed by atoms with E-state index in [0.29, 0.717) is 30.5 Å². The van der Waals surface area contributed by atoms with E-state index in [9.17, 15) is 9.59 Å². The molecule has 2 fully saturated rings. The van der Waals surface area contributed by atoms with Gasteiger partial charge in [-0.15, -0.1) is 5.10 Å². The van der Waals surface area contributed by atoms with Crippen LogP contribution in [0.3, 0.4) is 0 Å². The van der Waals surface area contributed by atoms with Crippen molar-refractivity contribution in [2.24, 2.45) is 5.92 Å². The number of aromatic nitrogens is 2. The lowest BCUT2D eigenvalue weighted by Crippen LogP contribution is -2.45. The van der Waals surface area contributed by atoms with E-state index in [1.54, 1.807) is 35.4 Å². The molecule has 0 aliphatic carbocycles. The molecule has 1 aromatic heterocycles. The summed E-state index contributed by atoms with van der Waals surface area (Å²) in [6.45, 7) is 1.65. The van der Waals surface area contributed by atoms with Gasteiger partial charge in [0.15, 0.2) is 0 Å². The van der Waals surface area contributed by atoms with Gasteiger partial charge < -0.3 is 14.5 Å². The van der Waals surface area contributed by atoms with Gasteiger partial charge >= 0.3 is 0 Å². The van der Waals surface area contributed by atoms with E-state index in [-0.39, 0.29) is 30.3 Å². The lowest BCUT2D eigenvalue weighted by molar-refractivity contribution is -0.137. The molecule has 4 rings (SSSR count). The summed E-state index contributed by atoms with van der Waals surface area (Å²) in [5.41, 5.74) is 0.778. The maximum absolute atomic E-state index is 12.9. The van der Waals surface area contributed by atoms with E-state index >= 15 is 0 Å². The van der Waals surface area contributed by atoms with E-state index in [1.165, 1.54) is 0 Å². The molecule has 0 N–H and O–H groups in total. The van der Waals surface area contributed by atoms with Crippen molar-refractivity contribution in [2.45, 2.75) is 25.4 Å². The number of nitrogens with zero attached hydrogens (tertiary/aromatic N) is 4. The highest BCUT2D eigenvalue weighted by Crippen LogP contribution is 2.28. The molecule has 2 aliphatic heterocycles. The van der Waals surface area contributed by atoms with Gasteiger partial charge in [-0.05, 0) is 30.3 Å². The Balaban J connectivity index is 1.32. The number of ether oxygens (including phenoxy) is 1. The fourth-order valence-electron chi connectivity index (χ4n) is 3.72. The topological polar surface area (TPSA) is 75.6 Å². The fraction of sp³-hybridized carbons (Fsp3) is 0.400. The quantitative estimate of drug-likeness (QED) is 0.788. The van der Waals surface area contributed by atoms with Crippen LogP contribution in [0.4, 0.5) is 5.69 Å². The van der Waals surface area contributed by atoms with Gasteiger partial charge in [-0.25, -0.2) is 0 Å². The van der Waals surface area contributed by atoms with Crippen LogP contribution in [0.25, 0.3) is 0 Å². The lowest BCUT2D eigenvalue weighted by Gasteiger charge is -2.33. The zero-order valence-corrected chi connectivity index (χ0v) is 16.1. The largest absolute Gasteiger partial charge is 0.473 e. The Morgan fingerprint density at radius 1 is 1.14 bits per heavy atom. The van der Waals surface area contributed by atoms with Crippen LogP contribution in [0.15, 0.2) is 42.6 Å². The number of carbonyl (C=O) groups is 2. The van der Waals surface area contributed by atoms with Gasteiger partial charge in [-0.3, -0.25) is 9.59 Å². The second-order valence-electron chi connectivity index (χ2n) is 7.09. The fourth-order valence-corrected chi connectivity index (χ4v) is 3.84.